The maximum atomic E-state index is 13.2. The lowest BCUT2D eigenvalue weighted by atomic mass is 10.1. The van der Waals surface area contributed by atoms with E-state index < -0.39 is 5.91 Å². The fourth-order valence-corrected chi connectivity index (χ4v) is 3.96. The molecule has 1 atom stereocenters. The second-order valence-corrected chi connectivity index (χ2v) is 7.65. The number of hydrogen-bond acceptors (Lipinski definition) is 6. The fourth-order valence-electron chi connectivity index (χ4n) is 3.96. The van der Waals surface area contributed by atoms with Crippen molar-refractivity contribution in [1.29, 1.82) is 5.26 Å². The number of nitrogens with one attached hydrogen (secondary N) is 1. The Kier molecular flexibility index (Phi) is 6.10. The van der Waals surface area contributed by atoms with E-state index in [0.717, 1.165) is 45.2 Å². The summed E-state index contributed by atoms with van der Waals surface area (Å²) in [6, 6.07) is 7.31. The highest BCUT2D eigenvalue weighted by Crippen LogP contribution is 2.23. The van der Waals surface area contributed by atoms with Gasteiger partial charge in [0.15, 0.2) is 0 Å². The Bertz CT molecular complexity index is 1060. The molecule has 0 saturated carbocycles. The molecule has 8 heteroatoms. The molecule has 0 radical (unpaired) electrons. The van der Waals surface area contributed by atoms with Crippen molar-refractivity contribution in [3.63, 3.8) is 0 Å². The highest BCUT2D eigenvalue weighted by molar-refractivity contribution is 6.02. The molecule has 2 saturated heterocycles. The van der Waals surface area contributed by atoms with Crippen LogP contribution in [0.2, 0.25) is 0 Å². The molecule has 2 aliphatic rings. The maximum absolute atomic E-state index is 13.2. The molecule has 0 bridgehead atoms. The molecule has 8 nitrogen and oxygen atoms in total. The van der Waals surface area contributed by atoms with Gasteiger partial charge in [0, 0.05) is 32.4 Å². The van der Waals surface area contributed by atoms with Crippen molar-refractivity contribution in [2.45, 2.75) is 38.2 Å². The number of rotatable bonds is 5. The van der Waals surface area contributed by atoms with Crippen LogP contribution in [0.1, 0.15) is 37.7 Å². The van der Waals surface area contributed by atoms with E-state index in [0.29, 0.717) is 24.6 Å². The smallest absolute Gasteiger partial charge is 0.267 e. The number of pyridine rings is 1. The number of aromatic nitrogens is 2. The molecule has 156 valence electrons. The molecule has 0 aromatic carbocycles. The van der Waals surface area contributed by atoms with Crippen LogP contribution in [0.4, 0.5) is 5.82 Å². The van der Waals surface area contributed by atoms with Gasteiger partial charge in [-0.3, -0.25) is 14.0 Å². The lowest BCUT2D eigenvalue weighted by molar-refractivity contribution is -0.117. The minimum absolute atomic E-state index is 0.0224. The Hall–Kier alpha value is -3.18. The number of piperidine rings is 1. The topological polar surface area (TPSA) is 99.7 Å². The Balaban J connectivity index is 1.71. The summed E-state index contributed by atoms with van der Waals surface area (Å²) < 4.78 is 6.96. The van der Waals surface area contributed by atoms with Crippen molar-refractivity contribution in [1.82, 2.24) is 14.7 Å². The Labute approximate surface area is 174 Å². The minimum Gasteiger partial charge on any atom is -0.376 e. The lowest BCUT2D eigenvalue weighted by Gasteiger charge is -2.29. The van der Waals surface area contributed by atoms with Gasteiger partial charge in [0.25, 0.3) is 11.5 Å². The number of nitrogens with zero attached hydrogens (tertiary/aromatic N) is 4. The van der Waals surface area contributed by atoms with Crippen LogP contribution >= 0.6 is 0 Å². The van der Waals surface area contributed by atoms with Crippen molar-refractivity contribution in [3.8, 4) is 6.07 Å². The van der Waals surface area contributed by atoms with Gasteiger partial charge in [-0.25, -0.2) is 4.98 Å². The summed E-state index contributed by atoms with van der Waals surface area (Å²) in [6.07, 6.45) is 8.04. The summed E-state index contributed by atoms with van der Waals surface area (Å²) in [5.74, 6) is 0.0285. The first kappa shape index (κ1) is 20.1. The molecule has 2 fully saturated rings. The number of fused-ring (bicyclic) bond motifs is 1. The van der Waals surface area contributed by atoms with Crippen LogP contribution in [0.3, 0.4) is 0 Å². The van der Waals surface area contributed by atoms with E-state index in [1.165, 1.54) is 10.5 Å². The molecule has 4 heterocycles. The highest BCUT2D eigenvalue weighted by Gasteiger charge is 2.22. The van der Waals surface area contributed by atoms with Gasteiger partial charge in [0.05, 0.1) is 11.7 Å². The van der Waals surface area contributed by atoms with Crippen LogP contribution in [-0.4, -0.2) is 47.6 Å². The molecular weight excluding hydrogens is 382 g/mol. The molecule has 0 unspecified atom stereocenters. The molecule has 2 aromatic heterocycles. The van der Waals surface area contributed by atoms with Crippen molar-refractivity contribution in [2.75, 3.05) is 31.1 Å². The van der Waals surface area contributed by atoms with Crippen molar-refractivity contribution in [3.05, 3.63) is 45.9 Å². The summed E-state index contributed by atoms with van der Waals surface area (Å²) in [7, 11) is 0. The number of carbonyl (C=O) groups is 1. The van der Waals surface area contributed by atoms with Gasteiger partial charge in [0.1, 0.15) is 23.1 Å². The van der Waals surface area contributed by atoms with Crippen molar-refractivity contribution < 1.29 is 9.53 Å². The van der Waals surface area contributed by atoms with Gasteiger partial charge < -0.3 is 15.0 Å². The molecule has 4 rings (SSSR count). The number of nitriles is 1. The number of ether oxygens (including phenoxy) is 1. The zero-order valence-corrected chi connectivity index (χ0v) is 16.8. The van der Waals surface area contributed by atoms with E-state index in [-0.39, 0.29) is 22.8 Å². The molecular formula is C22H25N5O3. The SMILES string of the molecule is N#C/C(=C\c1c(N2CCCCC2)nc2ccccn2c1=O)C(=O)NC[C@H]1CCCO1. The first-order valence-electron chi connectivity index (χ1n) is 10.5. The standard InChI is InChI=1S/C22H25N5O3/c23-14-16(21(28)24-15-17-7-6-12-30-17)13-18-20(26-9-3-1-4-10-26)25-19-8-2-5-11-27(19)22(18)29/h2,5,8,11,13,17H,1,3-4,6-7,9-10,12,15H2,(H,24,28)/b16-13+/t17-/m1/s1. The second kappa shape index (κ2) is 9.09. The third kappa shape index (κ3) is 4.21. The fraction of sp³-hybridized carbons (Fsp3) is 0.455. The van der Waals surface area contributed by atoms with Gasteiger partial charge in [0.2, 0.25) is 0 Å². The number of anilines is 1. The third-order valence-corrected chi connectivity index (χ3v) is 5.57. The van der Waals surface area contributed by atoms with Crippen LogP contribution in [0.25, 0.3) is 11.7 Å². The van der Waals surface area contributed by atoms with Crippen molar-refractivity contribution >= 4 is 23.4 Å². The number of hydrogen-bond donors (Lipinski definition) is 1. The summed E-state index contributed by atoms with van der Waals surface area (Å²) in [6.45, 7) is 2.64. The van der Waals surface area contributed by atoms with Crippen LogP contribution in [-0.2, 0) is 9.53 Å². The molecule has 0 aliphatic carbocycles. The van der Waals surface area contributed by atoms with Gasteiger partial charge in [-0.15, -0.1) is 0 Å². The van der Waals surface area contributed by atoms with Crippen LogP contribution in [0.5, 0.6) is 0 Å². The molecule has 2 aliphatic heterocycles. The Morgan fingerprint density at radius 3 is 2.87 bits per heavy atom. The summed E-state index contributed by atoms with van der Waals surface area (Å²) >= 11 is 0. The summed E-state index contributed by atoms with van der Waals surface area (Å²) in [5, 5.41) is 12.4. The first-order valence-corrected chi connectivity index (χ1v) is 10.5. The monoisotopic (exact) mass is 407 g/mol. The lowest BCUT2D eigenvalue weighted by Crippen LogP contribution is -2.34. The van der Waals surface area contributed by atoms with Crippen LogP contribution in [0.15, 0.2) is 34.8 Å². The quantitative estimate of drug-likeness (QED) is 0.600. The Morgan fingerprint density at radius 1 is 1.30 bits per heavy atom. The largest absolute Gasteiger partial charge is 0.376 e. The molecule has 30 heavy (non-hydrogen) atoms. The summed E-state index contributed by atoms with van der Waals surface area (Å²) in [4.78, 5) is 32.6. The molecule has 1 amide bonds. The van der Waals surface area contributed by atoms with E-state index >= 15 is 0 Å². The van der Waals surface area contributed by atoms with Crippen LogP contribution in [0, 0.1) is 11.3 Å². The van der Waals surface area contributed by atoms with E-state index in [1.54, 1.807) is 18.3 Å². The highest BCUT2D eigenvalue weighted by atomic mass is 16.5. The minimum atomic E-state index is -0.504. The van der Waals surface area contributed by atoms with Gasteiger partial charge in [-0.05, 0) is 50.3 Å². The van der Waals surface area contributed by atoms with E-state index in [4.69, 9.17) is 9.72 Å². The normalized spacial score (nSPS) is 19.6. The molecule has 0 spiro atoms. The first-order chi connectivity index (χ1) is 14.7. The molecule has 1 N–H and O–H groups in total. The second-order valence-electron chi connectivity index (χ2n) is 7.65. The van der Waals surface area contributed by atoms with E-state index in [2.05, 4.69) is 10.2 Å². The molecule has 2 aromatic rings. The van der Waals surface area contributed by atoms with E-state index in [1.807, 2.05) is 12.1 Å². The van der Waals surface area contributed by atoms with Crippen molar-refractivity contribution in [2.24, 2.45) is 0 Å². The third-order valence-electron chi connectivity index (χ3n) is 5.57. The zero-order chi connectivity index (χ0) is 20.9. The Morgan fingerprint density at radius 2 is 2.13 bits per heavy atom. The predicted octanol–water partition coefficient (Wildman–Crippen LogP) is 1.89. The maximum Gasteiger partial charge on any atom is 0.267 e. The van der Waals surface area contributed by atoms with Gasteiger partial charge >= 0.3 is 0 Å². The summed E-state index contributed by atoms with van der Waals surface area (Å²) in [5.41, 5.74) is 0.410. The number of carbonyl (C=O) groups excluding carboxylic acids is 1. The zero-order valence-electron chi connectivity index (χ0n) is 16.8. The predicted molar refractivity (Wildman–Crippen MR) is 113 cm³/mol. The van der Waals surface area contributed by atoms with Gasteiger partial charge in [-0.2, -0.15) is 5.26 Å². The average Bonchev–Trinajstić information content (AvgIpc) is 3.31. The van der Waals surface area contributed by atoms with Crippen LogP contribution < -0.4 is 15.8 Å². The average molecular weight is 407 g/mol. The van der Waals surface area contributed by atoms with E-state index in [9.17, 15) is 14.9 Å². The van der Waals surface area contributed by atoms with Gasteiger partial charge in [-0.1, -0.05) is 6.07 Å². The number of amides is 1.